The summed E-state index contributed by atoms with van der Waals surface area (Å²) in [6.45, 7) is 2.91. The number of likely N-dealkylation sites (N-methyl/N-ethyl adjacent to an activating group) is 1. The molecule has 1 unspecified atom stereocenters. The lowest BCUT2D eigenvalue weighted by atomic mass is 10.1. The van der Waals surface area contributed by atoms with Crippen LogP contribution in [0.1, 0.15) is 31.0 Å². The normalized spacial score (nSPS) is 14.1. The van der Waals surface area contributed by atoms with E-state index < -0.39 is 0 Å². The summed E-state index contributed by atoms with van der Waals surface area (Å²) in [5, 5.41) is 0.728. The van der Waals surface area contributed by atoms with Gasteiger partial charge in [0, 0.05) is 34.4 Å². The lowest BCUT2D eigenvalue weighted by Crippen LogP contribution is -2.35. The van der Waals surface area contributed by atoms with Crippen molar-refractivity contribution in [3.05, 3.63) is 83.1 Å². The number of hydrogen-bond acceptors (Lipinski definition) is 3. The van der Waals surface area contributed by atoms with E-state index in [1.807, 2.05) is 66.9 Å². The number of rotatable bonds is 6. The number of pyridine rings is 1. The van der Waals surface area contributed by atoms with Crippen LogP contribution in [0.15, 0.2) is 66.9 Å². The minimum absolute atomic E-state index is 0.416. The fourth-order valence-corrected chi connectivity index (χ4v) is 3.35. The molecule has 0 bridgehead atoms. The van der Waals surface area contributed by atoms with Gasteiger partial charge in [-0.1, -0.05) is 35.7 Å². The molecule has 1 saturated carbocycles. The van der Waals surface area contributed by atoms with Crippen molar-refractivity contribution >= 4 is 11.6 Å². The Morgan fingerprint density at radius 3 is 2.33 bits per heavy atom. The fraction of sp³-hybridized carbons (Fsp3) is 0.269. The van der Waals surface area contributed by atoms with Crippen LogP contribution in [-0.4, -0.2) is 35.6 Å². The van der Waals surface area contributed by atoms with E-state index in [0.29, 0.717) is 12.6 Å². The Morgan fingerprint density at radius 1 is 1.00 bits per heavy atom. The van der Waals surface area contributed by atoms with Crippen molar-refractivity contribution in [1.82, 2.24) is 9.88 Å². The predicted molar refractivity (Wildman–Crippen MR) is 123 cm³/mol. The molecule has 152 valence electrons. The second-order valence-corrected chi connectivity index (χ2v) is 8.21. The van der Waals surface area contributed by atoms with E-state index in [2.05, 4.69) is 35.7 Å². The molecule has 30 heavy (non-hydrogen) atoms. The average Bonchev–Trinajstić information content (AvgIpc) is 3.63. The summed E-state index contributed by atoms with van der Waals surface area (Å²) < 4.78 is 5.94. The molecule has 1 aliphatic carbocycles. The third-order valence-corrected chi connectivity index (χ3v) is 5.69. The Kier molecular flexibility index (Phi) is 6.38. The molecule has 4 heteroatoms. The van der Waals surface area contributed by atoms with Gasteiger partial charge in [0.1, 0.15) is 18.1 Å². The zero-order valence-electron chi connectivity index (χ0n) is 17.3. The van der Waals surface area contributed by atoms with Gasteiger partial charge in [-0.3, -0.25) is 4.90 Å². The van der Waals surface area contributed by atoms with E-state index in [9.17, 15) is 0 Å². The van der Waals surface area contributed by atoms with Gasteiger partial charge in [-0.15, -0.1) is 0 Å². The van der Waals surface area contributed by atoms with Gasteiger partial charge >= 0.3 is 0 Å². The third-order valence-electron chi connectivity index (χ3n) is 5.44. The van der Waals surface area contributed by atoms with Crippen LogP contribution >= 0.6 is 11.6 Å². The monoisotopic (exact) mass is 416 g/mol. The summed E-state index contributed by atoms with van der Waals surface area (Å²) in [6.07, 6.45) is 4.46. The van der Waals surface area contributed by atoms with Crippen LogP contribution in [0.5, 0.6) is 5.75 Å². The summed E-state index contributed by atoms with van der Waals surface area (Å²) in [5.41, 5.74) is 3.80. The van der Waals surface area contributed by atoms with E-state index in [0.717, 1.165) is 39.2 Å². The smallest absolute Gasteiger partial charge is 0.119 e. The first kappa shape index (κ1) is 20.5. The van der Waals surface area contributed by atoms with E-state index in [4.69, 9.17) is 16.3 Å². The molecule has 3 aromatic rings. The second kappa shape index (κ2) is 9.34. The Hall–Kier alpha value is -2.80. The number of benzene rings is 2. The van der Waals surface area contributed by atoms with Gasteiger partial charge < -0.3 is 4.74 Å². The van der Waals surface area contributed by atoms with Crippen LogP contribution < -0.4 is 4.74 Å². The van der Waals surface area contributed by atoms with Crippen molar-refractivity contribution in [1.29, 1.82) is 0 Å². The maximum atomic E-state index is 5.95. The van der Waals surface area contributed by atoms with E-state index >= 15 is 0 Å². The van der Waals surface area contributed by atoms with Crippen molar-refractivity contribution in [3.63, 3.8) is 0 Å². The molecular weight excluding hydrogens is 392 g/mol. The summed E-state index contributed by atoms with van der Waals surface area (Å²) in [6, 6.07) is 20.8. The van der Waals surface area contributed by atoms with Crippen LogP contribution in [0.25, 0.3) is 11.1 Å². The van der Waals surface area contributed by atoms with Gasteiger partial charge in [0.05, 0.1) is 0 Å². The molecule has 0 radical (unpaired) electrons. The molecule has 0 amide bonds. The Labute approximate surface area is 183 Å². The van der Waals surface area contributed by atoms with Gasteiger partial charge in [-0.2, -0.15) is 0 Å². The van der Waals surface area contributed by atoms with Crippen LogP contribution in [0.4, 0.5) is 0 Å². The molecule has 1 aliphatic rings. The number of aromatic nitrogens is 1. The quantitative estimate of drug-likeness (QED) is 0.484. The Balaban J connectivity index is 1.34. The molecule has 1 heterocycles. The number of ether oxygens (including phenoxy) is 1. The van der Waals surface area contributed by atoms with Gasteiger partial charge in [0.15, 0.2) is 0 Å². The van der Waals surface area contributed by atoms with Crippen LogP contribution in [-0.2, 0) is 0 Å². The van der Waals surface area contributed by atoms with Crippen molar-refractivity contribution in [3.8, 4) is 28.7 Å². The van der Waals surface area contributed by atoms with Crippen LogP contribution in [0.2, 0.25) is 5.02 Å². The summed E-state index contributed by atoms with van der Waals surface area (Å²) in [4.78, 5) is 6.87. The summed E-state index contributed by atoms with van der Waals surface area (Å²) in [7, 11) is 2.18. The maximum absolute atomic E-state index is 5.95. The highest BCUT2D eigenvalue weighted by Gasteiger charge is 2.29. The highest BCUT2D eigenvalue weighted by Crippen LogP contribution is 2.27. The second-order valence-electron chi connectivity index (χ2n) is 7.77. The zero-order valence-corrected chi connectivity index (χ0v) is 18.1. The van der Waals surface area contributed by atoms with Crippen molar-refractivity contribution in [2.45, 2.75) is 31.8 Å². The lowest BCUT2D eigenvalue weighted by molar-refractivity contribution is 0.167. The van der Waals surface area contributed by atoms with Gasteiger partial charge in [0.2, 0.25) is 0 Å². The van der Waals surface area contributed by atoms with Crippen molar-refractivity contribution in [2.24, 2.45) is 0 Å². The summed E-state index contributed by atoms with van der Waals surface area (Å²) in [5.74, 6) is 7.17. The highest BCUT2D eigenvalue weighted by atomic mass is 35.5. The molecule has 1 aromatic heterocycles. The Morgan fingerprint density at radius 2 is 1.70 bits per heavy atom. The van der Waals surface area contributed by atoms with Gasteiger partial charge in [-0.05, 0) is 80.8 Å². The first-order valence-electron chi connectivity index (χ1n) is 10.3. The fourth-order valence-electron chi connectivity index (χ4n) is 3.23. The van der Waals surface area contributed by atoms with Gasteiger partial charge in [0.25, 0.3) is 0 Å². The molecule has 1 atom stereocenters. The predicted octanol–water partition coefficient (Wildman–Crippen LogP) is 5.66. The molecule has 0 N–H and O–H groups in total. The van der Waals surface area contributed by atoms with E-state index in [-0.39, 0.29) is 0 Å². The maximum Gasteiger partial charge on any atom is 0.119 e. The molecule has 0 aliphatic heterocycles. The lowest BCUT2D eigenvalue weighted by Gasteiger charge is -2.24. The highest BCUT2D eigenvalue weighted by molar-refractivity contribution is 6.30. The zero-order chi connectivity index (χ0) is 20.9. The first-order chi connectivity index (χ1) is 14.6. The standard InChI is InChI=1S/C26H25ClN2O/c1-19(29(2)25-13-14-25)18-30-26-15-4-20(5-16-26)3-11-24-12-8-22(17-28-24)21-6-9-23(27)10-7-21/h4-10,12,15-17,19,25H,13-14,18H2,1-2H3. The van der Waals surface area contributed by atoms with E-state index in [1.54, 1.807) is 0 Å². The minimum Gasteiger partial charge on any atom is -0.492 e. The molecule has 4 rings (SSSR count). The van der Waals surface area contributed by atoms with Crippen LogP contribution in [0.3, 0.4) is 0 Å². The number of nitrogens with zero attached hydrogens (tertiary/aromatic N) is 2. The molecule has 1 fully saturated rings. The number of halogens is 1. The van der Waals surface area contributed by atoms with Crippen molar-refractivity contribution in [2.75, 3.05) is 13.7 Å². The SMILES string of the molecule is CC(COc1ccc(C#Cc2ccc(-c3ccc(Cl)cc3)cn2)cc1)N(C)C1CC1. The first-order valence-corrected chi connectivity index (χ1v) is 10.6. The Bertz CT molecular complexity index is 1030. The average molecular weight is 417 g/mol. The third kappa shape index (κ3) is 5.42. The van der Waals surface area contributed by atoms with Crippen LogP contribution in [0, 0.1) is 11.8 Å². The number of hydrogen-bond donors (Lipinski definition) is 0. The van der Waals surface area contributed by atoms with Crippen molar-refractivity contribution < 1.29 is 4.74 Å². The van der Waals surface area contributed by atoms with E-state index in [1.165, 1.54) is 12.8 Å². The minimum atomic E-state index is 0.416. The van der Waals surface area contributed by atoms with Gasteiger partial charge in [-0.25, -0.2) is 4.98 Å². The molecule has 2 aromatic carbocycles. The molecule has 0 spiro atoms. The molecular formula is C26H25ClN2O. The summed E-state index contributed by atoms with van der Waals surface area (Å²) >= 11 is 5.95. The molecule has 3 nitrogen and oxygen atoms in total. The topological polar surface area (TPSA) is 25.4 Å². The molecule has 0 saturated heterocycles. The largest absolute Gasteiger partial charge is 0.492 e.